The molecule has 3 heteroatoms. The topological polar surface area (TPSA) is 41.1 Å². The fourth-order valence-electron chi connectivity index (χ4n) is 3.83. The lowest BCUT2D eigenvalue weighted by Gasteiger charge is -2.26. The van der Waals surface area contributed by atoms with Crippen molar-refractivity contribution in [1.29, 1.82) is 0 Å². The second-order valence-electron chi connectivity index (χ2n) is 7.03. The summed E-state index contributed by atoms with van der Waals surface area (Å²) in [6, 6.07) is 0. The van der Waals surface area contributed by atoms with E-state index in [1.807, 2.05) is 0 Å². The number of nitrogens with one attached hydrogen (secondary N) is 2. The summed E-state index contributed by atoms with van der Waals surface area (Å²) in [6.07, 6.45) is 11.0. The second kappa shape index (κ2) is 8.66. The number of carbonyl (C=O) groups excluding carboxylic acids is 1. The first-order chi connectivity index (χ1) is 9.74. The zero-order valence-electron chi connectivity index (χ0n) is 13.1. The van der Waals surface area contributed by atoms with Gasteiger partial charge in [-0.2, -0.15) is 0 Å². The van der Waals surface area contributed by atoms with Crippen molar-refractivity contribution < 1.29 is 4.79 Å². The zero-order chi connectivity index (χ0) is 14.2. The Kier molecular flexibility index (Phi) is 6.85. The third-order valence-electron chi connectivity index (χ3n) is 5.10. The molecule has 1 heterocycles. The van der Waals surface area contributed by atoms with Gasteiger partial charge in [-0.25, -0.2) is 0 Å². The van der Waals surface area contributed by atoms with E-state index in [1.165, 1.54) is 44.9 Å². The smallest absolute Gasteiger partial charge is 0.220 e. The highest BCUT2D eigenvalue weighted by Crippen LogP contribution is 2.30. The summed E-state index contributed by atoms with van der Waals surface area (Å²) >= 11 is 0. The Morgan fingerprint density at radius 3 is 2.75 bits per heavy atom. The van der Waals surface area contributed by atoms with Crippen LogP contribution in [0.1, 0.15) is 64.7 Å². The average molecular weight is 280 g/mol. The molecule has 0 spiro atoms. The molecule has 2 N–H and O–H groups in total. The Labute approximate surface area is 124 Å². The van der Waals surface area contributed by atoms with Crippen LogP contribution in [0.4, 0.5) is 0 Å². The van der Waals surface area contributed by atoms with Crippen LogP contribution in [0.2, 0.25) is 0 Å². The molecular weight excluding hydrogens is 248 g/mol. The van der Waals surface area contributed by atoms with Gasteiger partial charge in [-0.15, -0.1) is 0 Å². The van der Waals surface area contributed by atoms with Crippen LogP contribution in [0.5, 0.6) is 0 Å². The van der Waals surface area contributed by atoms with Crippen LogP contribution < -0.4 is 10.6 Å². The minimum absolute atomic E-state index is 0.263. The fourth-order valence-corrected chi connectivity index (χ4v) is 3.83. The highest BCUT2D eigenvalue weighted by atomic mass is 16.1. The van der Waals surface area contributed by atoms with Crippen LogP contribution in [0.15, 0.2) is 0 Å². The molecule has 1 saturated heterocycles. The van der Waals surface area contributed by atoms with E-state index in [4.69, 9.17) is 0 Å². The van der Waals surface area contributed by atoms with Gasteiger partial charge in [-0.05, 0) is 62.9 Å². The Hall–Kier alpha value is -0.570. The molecule has 116 valence electrons. The largest absolute Gasteiger partial charge is 0.356 e. The first-order valence-corrected chi connectivity index (χ1v) is 8.71. The van der Waals surface area contributed by atoms with Crippen molar-refractivity contribution in [1.82, 2.24) is 10.6 Å². The standard InChI is InChI=1S/C17H32N2O/c1-14-4-2-5-15(12-14)9-11-19-17(20)8-7-16-6-3-10-18-13-16/h14-16,18H,2-13H2,1H3,(H,19,20). The lowest BCUT2D eigenvalue weighted by Crippen LogP contribution is -2.31. The van der Waals surface area contributed by atoms with Crippen molar-refractivity contribution in [2.24, 2.45) is 17.8 Å². The van der Waals surface area contributed by atoms with Crippen LogP contribution >= 0.6 is 0 Å². The van der Waals surface area contributed by atoms with E-state index in [-0.39, 0.29) is 5.91 Å². The molecular formula is C17H32N2O. The summed E-state index contributed by atoms with van der Waals surface area (Å²) in [7, 11) is 0. The lowest BCUT2D eigenvalue weighted by atomic mass is 9.81. The maximum atomic E-state index is 11.9. The summed E-state index contributed by atoms with van der Waals surface area (Å²) in [5.74, 6) is 2.72. The minimum atomic E-state index is 0.263. The monoisotopic (exact) mass is 280 g/mol. The Morgan fingerprint density at radius 2 is 2.00 bits per heavy atom. The van der Waals surface area contributed by atoms with Crippen LogP contribution in [0.3, 0.4) is 0 Å². The molecule has 0 aromatic heterocycles. The van der Waals surface area contributed by atoms with E-state index in [9.17, 15) is 4.79 Å². The minimum Gasteiger partial charge on any atom is -0.356 e. The van der Waals surface area contributed by atoms with Crippen LogP contribution in [0.25, 0.3) is 0 Å². The molecule has 3 nitrogen and oxygen atoms in total. The molecule has 2 aliphatic rings. The highest BCUT2D eigenvalue weighted by molar-refractivity contribution is 5.75. The maximum absolute atomic E-state index is 11.9. The predicted molar refractivity (Wildman–Crippen MR) is 83.6 cm³/mol. The Balaban J connectivity index is 1.51. The van der Waals surface area contributed by atoms with Crippen molar-refractivity contribution in [3.05, 3.63) is 0 Å². The third kappa shape index (κ3) is 5.82. The van der Waals surface area contributed by atoms with Gasteiger partial charge in [0, 0.05) is 13.0 Å². The van der Waals surface area contributed by atoms with E-state index in [2.05, 4.69) is 17.6 Å². The molecule has 0 aromatic rings. The van der Waals surface area contributed by atoms with E-state index < -0.39 is 0 Å². The number of hydrogen-bond acceptors (Lipinski definition) is 2. The van der Waals surface area contributed by atoms with Crippen molar-refractivity contribution in [2.45, 2.75) is 64.7 Å². The van der Waals surface area contributed by atoms with Crippen LogP contribution in [-0.2, 0) is 4.79 Å². The van der Waals surface area contributed by atoms with Crippen molar-refractivity contribution in [3.8, 4) is 0 Å². The molecule has 0 bridgehead atoms. The third-order valence-corrected chi connectivity index (χ3v) is 5.10. The second-order valence-corrected chi connectivity index (χ2v) is 7.03. The lowest BCUT2D eigenvalue weighted by molar-refractivity contribution is -0.121. The zero-order valence-corrected chi connectivity index (χ0v) is 13.1. The number of rotatable bonds is 6. The van der Waals surface area contributed by atoms with E-state index in [0.29, 0.717) is 12.3 Å². The normalized spacial score (nSPS) is 30.9. The van der Waals surface area contributed by atoms with Gasteiger partial charge in [0.15, 0.2) is 0 Å². The summed E-state index contributed by atoms with van der Waals surface area (Å²) in [6.45, 7) is 5.51. The molecule has 20 heavy (non-hydrogen) atoms. The summed E-state index contributed by atoms with van der Waals surface area (Å²) in [5.41, 5.74) is 0. The molecule has 2 fully saturated rings. The Bertz CT molecular complexity index is 287. The molecule has 1 aliphatic carbocycles. The molecule has 0 radical (unpaired) electrons. The molecule has 2 rings (SSSR count). The first-order valence-electron chi connectivity index (χ1n) is 8.71. The van der Waals surface area contributed by atoms with Gasteiger partial charge in [0.25, 0.3) is 0 Å². The molecule has 1 aliphatic heterocycles. The summed E-state index contributed by atoms with van der Waals surface area (Å²) in [5, 5.41) is 6.54. The quantitative estimate of drug-likeness (QED) is 0.785. The molecule has 0 aromatic carbocycles. The maximum Gasteiger partial charge on any atom is 0.220 e. The van der Waals surface area contributed by atoms with Crippen molar-refractivity contribution >= 4 is 5.91 Å². The van der Waals surface area contributed by atoms with Gasteiger partial charge in [0.05, 0.1) is 0 Å². The van der Waals surface area contributed by atoms with E-state index in [0.717, 1.165) is 37.9 Å². The first kappa shape index (κ1) is 15.8. The number of piperidine rings is 1. The van der Waals surface area contributed by atoms with Gasteiger partial charge < -0.3 is 10.6 Å². The predicted octanol–water partition coefficient (Wildman–Crippen LogP) is 3.10. The molecule has 3 atom stereocenters. The van der Waals surface area contributed by atoms with Crippen molar-refractivity contribution in [2.75, 3.05) is 19.6 Å². The molecule has 1 saturated carbocycles. The van der Waals surface area contributed by atoms with Gasteiger partial charge in [-0.3, -0.25) is 4.79 Å². The SMILES string of the molecule is CC1CCCC(CCNC(=O)CCC2CCCNC2)C1. The number of amides is 1. The van der Waals surface area contributed by atoms with Gasteiger partial charge in [-0.1, -0.05) is 26.2 Å². The average Bonchev–Trinajstić information content (AvgIpc) is 2.46. The van der Waals surface area contributed by atoms with Crippen LogP contribution in [0, 0.1) is 17.8 Å². The molecule has 1 amide bonds. The summed E-state index contributed by atoms with van der Waals surface area (Å²) < 4.78 is 0. The van der Waals surface area contributed by atoms with Gasteiger partial charge in [0.2, 0.25) is 5.91 Å². The fraction of sp³-hybridized carbons (Fsp3) is 0.941. The van der Waals surface area contributed by atoms with E-state index >= 15 is 0 Å². The summed E-state index contributed by atoms with van der Waals surface area (Å²) in [4.78, 5) is 11.9. The van der Waals surface area contributed by atoms with Crippen LogP contribution in [-0.4, -0.2) is 25.5 Å². The number of carbonyl (C=O) groups is 1. The molecule has 3 unspecified atom stereocenters. The van der Waals surface area contributed by atoms with Gasteiger partial charge >= 0.3 is 0 Å². The highest BCUT2D eigenvalue weighted by Gasteiger charge is 2.19. The van der Waals surface area contributed by atoms with E-state index in [1.54, 1.807) is 0 Å². The van der Waals surface area contributed by atoms with Gasteiger partial charge in [0.1, 0.15) is 0 Å². The number of hydrogen-bond donors (Lipinski definition) is 2. The van der Waals surface area contributed by atoms with Crippen molar-refractivity contribution in [3.63, 3.8) is 0 Å². The Morgan fingerprint density at radius 1 is 1.15 bits per heavy atom.